The van der Waals surface area contributed by atoms with Gasteiger partial charge in [-0.05, 0) is 48.8 Å². The van der Waals surface area contributed by atoms with Gasteiger partial charge in [-0.2, -0.15) is 0 Å². The molecule has 5 nitrogen and oxygen atoms in total. The van der Waals surface area contributed by atoms with E-state index in [2.05, 4.69) is 65.1 Å². The third-order valence-corrected chi connectivity index (χ3v) is 7.63. The highest BCUT2D eigenvalue weighted by atomic mass is 32.2. The van der Waals surface area contributed by atoms with Gasteiger partial charge in [-0.25, -0.2) is 0 Å². The van der Waals surface area contributed by atoms with E-state index in [1.54, 1.807) is 0 Å². The first-order valence-electron chi connectivity index (χ1n) is 12.3. The summed E-state index contributed by atoms with van der Waals surface area (Å²) in [6.07, 6.45) is 6.00. The fourth-order valence-electron chi connectivity index (χ4n) is 4.68. The van der Waals surface area contributed by atoms with Gasteiger partial charge in [0, 0.05) is 17.3 Å². The number of amides is 1. The van der Waals surface area contributed by atoms with Crippen LogP contribution in [0.25, 0.3) is 11.4 Å². The van der Waals surface area contributed by atoms with Crippen LogP contribution in [0.3, 0.4) is 0 Å². The Hall–Kier alpha value is -2.60. The highest BCUT2D eigenvalue weighted by molar-refractivity contribution is 7.99. The lowest BCUT2D eigenvalue weighted by Gasteiger charge is -2.26. The van der Waals surface area contributed by atoms with Crippen molar-refractivity contribution in [2.75, 3.05) is 11.1 Å². The van der Waals surface area contributed by atoms with Gasteiger partial charge in [0.2, 0.25) is 5.91 Å². The summed E-state index contributed by atoms with van der Waals surface area (Å²) in [5, 5.41) is 13.1. The number of aromatic nitrogens is 3. The van der Waals surface area contributed by atoms with Crippen molar-refractivity contribution in [3.63, 3.8) is 0 Å². The molecule has 2 aromatic carbocycles. The first-order chi connectivity index (χ1) is 16.2. The molecule has 0 bridgehead atoms. The Bertz CT molecular complexity index is 1120. The van der Waals surface area contributed by atoms with Crippen molar-refractivity contribution in [2.45, 2.75) is 83.3 Å². The van der Waals surface area contributed by atoms with Crippen LogP contribution < -0.4 is 5.32 Å². The van der Waals surface area contributed by atoms with Crippen molar-refractivity contribution in [3.8, 4) is 11.4 Å². The molecular formula is C28H36N4OS. The first kappa shape index (κ1) is 24.5. The average molecular weight is 477 g/mol. The number of aryl methyl sites for hydroxylation is 2. The normalized spacial score (nSPS) is 14.9. The summed E-state index contributed by atoms with van der Waals surface area (Å²) < 4.78 is 2.29. The Labute approximate surface area is 207 Å². The summed E-state index contributed by atoms with van der Waals surface area (Å²) in [7, 11) is 0. The number of nitrogens with one attached hydrogen (secondary N) is 1. The number of carbonyl (C=O) groups is 1. The maximum Gasteiger partial charge on any atom is 0.234 e. The van der Waals surface area contributed by atoms with Crippen LogP contribution in [0.1, 0.15) is 75.6 Å². The van der Waals surface area contributed by atoms with Crippen LogP contribution in [0, 0.1) is 13.8 Å². The monoisotopic (exact) mass is 476 g/mol. The molecule has 6 heteroatoms. The molecule has 0 atom stereocenters. The standard InChI is InChI=1S/C28H36N4OS/c1-19-10-9-11-20(2)25(19)29-24(33)18-34-27-31-30-26(32(27)23-12-7-6-8-13-23)21-14-16-22(17-15-21)28(3,4)5/h9-11,14-17,23H,6-8,12-13,18H2,1-5H3,(H,29,33). The molecule has 0 saturated heterocycles. The fourth-order valence-corrected chi connectivity index (χ4v) is 5.48. The van der Waals surface area contributed by atoms with Crippen molar-refractivity contribution in [3.05, 3.63) is 59.2 Å². The molecular weight excluding hydrogens is 440 g/mol. The number of rotatable bonds is 6. The zero-order chi connectivity index (χ0) is 24.3. The third kappa shape index (κ3) is 5.54. The maximum atomic E-state index is 12.8. The van der Waals surface area contributed by atoms with Crippen molar-refractivity contribution in [1.29, 1.82) is 0 Å². The molecule has 1 amide bonds. The molecule has 180 valence electrons. The highest BCUT2D eigenvalue weighted by Gasteiger charge is 2.25. The molecule has 0 spiro atoms. The van der Waals surface area contributed by atoms with Gasteiger partial charge in [0.25, 0.3) is 0 Å². The van der Waals surface area contributed by atoms with Crippen molar-refractivity contribution >= 4 is 23.4 Å². The number of anilines is 1. The second kappa shape index (κ2) is 10.3. The van der Waals surface area contributed by atoms with E-state index < -0.39 is 0 Å². The van der Waals surface area contributed by atoms with E-state index in [9.17, 15) is 4.79 Å². The van der Waals surface area contributed by atoms with Crippen LogP contribution in [0.5, 0.6) is 0 Å². The highest BCUT2D eigenvalue weighted by Crippen LogP contribution is 2.36. The summed E-state index contributed by atoms with van der Waals surface area (Å²) in [6.45, 7) is 10.7. The zero-order valence-corrected chi connectivity index (χ0v) is 21.8. The van der Waals surface area contributed by atoms with E-state index in [0.717, 1.165) is 46.2 Å². The third-order valence-electron chi connectivity index (χ3n) is 6.69. The molecule has 4 rings (SSSR count). The van der Waals surface area contributed by atoms with E-state index in [-0.39, 0.29) is 11.3 Å². The summed E-state index contributed by atoms with van der Waals surface area (Å²) in [5.74, 6) is 1.20. The van der Waals surface area contributed by atoms with Crippen LogP contribution >= 0.6 is 11.8 Å². The van der Waals surface area contributed by atoms with Gasteiger partial charge in [0.1, 0.15) is 0 Å². The van der Waals surface area contributed by atoms with Gasteiger partial charge in [-0.3, -0.25) is 9.36 Å². The number of carbonyl (C=O) groups excluding carboxylic acids is 1. The maximum absolute atomic E-state index is 12.8. The molecule has 0 unspecified atom stereocenters. The minimum atomic E-state index is -0.0170. The van der Waals surface area contributed by atoms with Crippen LogP contribution in [-0.2, 0) is 10.2 Å². The van der Waals surface area contributed by atoms with Gasteiger partial charge in [0.15, 0.2) is 11.0 Å². The van der Waals surface area contributed by atoms with Crippen LogP contribution in [0.4, 0.5) is 5.69 Å². The molecule has 1 aliphatic carbocycles. The average Bonchev–Trinajstić information content (AvgIpc) is 3.24. The molecule has 1 aliphatic rings. The predicted octanol–water partition coefficient (Wildman–Crippen LogP) is 7.10. The lowest BCUT2D eigenvalue weighted by Crippen LogP contribution is -2.18. The zero-order valence-electron chi connectivity index (χ0n) is 21.0. The summed E-state index contributed by atoms with van der Waals surface area (Å²) in [5.41, 5.74) is 5.55. The number of benzene rings is 2. The van der Waals surface area contributed by atoms with Crippen molar-refractivity contribution in [2.24, 2.45) is 0 Å². The van der Waals surface area contributed by atoms with E-state index in [1.807, 2.05) is 32.0 Å². The van der Waals surface area contributed by atoms with Crippen LogP contribution in [-0.4, -0.2) is 26.4 Å². The number of thioether (sulfide) groups is 1. The van der Waals surface area contributed by atoms with E-state index in [0.29, 0.717) is 11.8 Å². The number of nitrogens with zero attached hydrogens (tertiary/aromatic N) is 3. The molecule has 0 radical (unpaired) electrons. The van der Waals surface area contributed by atoms with E-state index in [1.165, 1.54) is 36.6 Å². The SMILES string of the molecule is Cc1cccc(C)c1NC(=O)CSc1nnc(-c2ccc(C(C)(C)C)cc2)n1C1CCCCC1. The molecule has 0 aliphatic heterocycles. The molecule has 1 N–H and O–H groups in total. The molecule has 1 aromatic heterocycles. The Morgan fingerprint density at radius 1 is 1.00 bits per heavy atom. The molecule has 1 saturated carbocycles. The quantitative estimate of drug-likeness (QED) is 0.386. The number of hydrogen-bond acceptors (Lipinski definition) is 4. The minimum absolute atomic E-state index is 0.0170. The first-order valence-corrected chi connectivity index (χ1v) is 13.3. The van der Waals surface area contributed by atoms with E-state index in [4.69, 9.17) is 0 Å². The molecule has 34 heavy (non-hydrogen) atoms. The van der Waals surface area contributed by atoms with Crippen molar-refractivity contribution < 1.29 is 4.79 Å². The Morgan fingerprint density at radius 2 is 1.65 bits per heavy atom. The minimum Gasteiger partial charge on any atom is -0.325 e. The van der Waals surface area contributed by atoms with Crippen LogP contribution in [0.2, 0.25) is 0 Å². The predicted molar refractivity (Wildman–Crippen MR) is 142 cm³/mol. The van der Waals surface area contributed by atoms with Gasteiger partial charge in [-0.1, -0.05) is 94.3 Å². The fraction of sp³-hybridized carbons (Fsp3) is 0.464. The number of hydrogen-bond donors (Lipinski definition) is 1. The summed E-state index contributed by atoms with van der Waals surface area (Å²) in [6, 6.07) is 15.1. The summed E-state index contributed by atoms with van der Waals surface area (Å²) >= 11 is 1.48. The summed E-state index contributed by atoms with van der Waals surface area (Å²) in [4.78, 5) is 12.8. The second-order valence-corrected chi connectivity index (χ2v) is 11.3. The lowest BCUT2D eigenvalue weighted by atomic mass is 9.86. The van der Waals surface area contributed by atoms with Crippen molar-refractivity contribution in [1.82, 2.24) is 14.8 Å². The van der Waals surface area contributed by atoms with Gasteiger partial charge in [-0.15, -0.1) is 10.2 Å². The lowest BCUT2D eigenvalue weighted by molar-refractivity contribution is -0.113. The van der Waals surface area contributed by atoms with E-state index >= 15 is 0 Å². The smallest absolute Gasteiger partial charge is 0.234 e. The van der Waals surface area contributed by atoms with Crippen LogP contribution in [0.15, 0.2) is 47.6 Å². The largest absolute Gasteiger partial charge is 0.325 e. The van der Waals surface area contributed by atoms with Gasteiger partial charge < -0.3 is 5.32 Å². The Kier molecular flexibility index (Phi) is 7.46. The molecule has 3 aromatic rings. The second-order valence-electron chi connectivity index (χ2n) is 10.4. The Balaban J connectivity index is 1.56. The van der Waals surface area contributed by atoms with Gasteiger partial charge >= 0.3 is 0 Å². The number of para-hydroxylation sites is 1. The molecule has 1 heterocycles. The Morgan fingerprint density at radius 3 is 2.26 bits per heavy atom. The van der Waals surface area contributed by atoms with Gasteiger partial charge in [0.05, 0.1) is 5.75 Å². The molecule has 1 fully saturated rings. The topological polar surface area (TPSA) is 59.8 Å².